The van der Waals surface area contributed by atoms with E-state index in [2.05, 4.69) is 4.72 Å². The van der Waals surface area contributed by atoms with E-state index in [4.69, 9.17) is 11.6 Å². The van der Waals surface area contributed by atoms with E-state index >= 15 is 0 Å². The number of fused-ring (bicyclic) bond motifs is 1. The van der Waals surface area contributed by atoms with Gasteiger partial charge in [0, 0.05) is 18.6 Å². The first-order valence-electron chi connectivity index (χ1n) is 11.9. The molecule has 2 N–H and O–H groups in total. The molecule has 1 aromatic heterocycles. The smallest absolute Gasteiger partial charge is 0.331 e. The fourth-order valence-electron chi connectivity index (χ4n) is 4.24. The molecule has 0 spiro atoms. The number of carbonyl (C=O) groups is 1. The van der Waals surface area contributed by atoms with Gasteiger partial charge in [-0.1, -0.05) is 48.0 Å². The lowest BCUT2D eigenvalue weighted by Crippen LogP contribution is -2.41. The number of hydrogen-bond acceptors (Lipinski definition) is 5. The van der Waals surface area contributed by atoms with E-state index < -0.39 is 33.3 Å². The largest absolute Gasteiger partial charge is 0.480 e. The zero-order valence-electron chi connectivity index (χ0n) is 20.5. The Morgan fingerprint density at radius 1 is 0.947 bits per heavy atom. The fraction of sp³-hybridized carbons (Fsp3) is 0.222. The van der Waals surface area contributed by atoms with Gasteiger partial charge in [0.05, 0.1) is 15.8 Å². The van der Waals surface area contributed by atoms with E-state index in [9.17, 15) is 27.9 Å². The Morgan fingerprint density at radius 2 is 1.55 bits per heavy atom. The van der Waals surface area contributed by atoms with Crippen molar-refractivity contribution in [2.24, 2.45) is 7.05 Å². The summed E-state index contributed by atoms with van der Waals surface area (Å²) in [5.41, 5.74) is 1.29. The highest BCUT2D eigenvalue weighted by atomic mass is 35.5. The minimum Gasteiger partial charge on any atom is -0.480 e. The molecule has 4 rings (SSSR count). The second kappa shape index (κ2) is 11.3. The Hall–Kier alpha value is -3.73. The van der Waals surface area contributed by atoms with Crippen molar-refractivity contribution in [1.29, 1.82) is 0 Å². The molecule has 9 nitrogen and oxygen atoms in total. The average molecular weight is 556 g/mol. The van der Waals surface area contributed by atoms with Crippen molar-refractivity contribution < 1.29 is 18.3 Å². The molecule has 0 aliphatic rings. The highest BCUT2D eigenvalue weighted by molar-refractivity contribution is 7.89. The summed E-state index contributed by atoms with van der Waals surface area (Å²) in [5, 5.41) is 10.6. The molecule has 1 heterocycles. The number of sulfonamides is 1. The molecule has 0 amide bonds. The van der Waals surface area contributed by atoms with Crippen LogP contribution in [0.1, 0.15) is 19.3 Å². The molecule has 11 heteroatoms. The highest BCUT2D eigenvalue weighted by Crippen LogP contribution is 2.23. The molecular weight excluding hydrogens is 530 g/mol. The van der Waals surface area contributed by atoms with E-state index in [0.29, 0.717) is 22.3 Å². The summed E-state index contributed by atoms with van der Waals surface area (Å²) in [6.45, 7) is 0.0849. The standard InChI is InChI=1S/C27H26ClN3O6S/c1-30-24-8-3-2-6-22(24)25(32)31(27(30)35)17-5-4-7-23(26(33)34)29-38(36,37)21-15-11-19(12-16-21)18-9-13-20(28)14-10-18/h2-3,6,8-16,23,29H,4-5,7,17H2,1H3,(H,33,34). The first-order valence-corrected chi connectivity index (χ1v) is 13.7. The van der Waals surface area contributed by atoms with Crippen LogP contribution in [0, 0.1) is 0 Å². The Bertz CT molecular complexity index is 1690. The number of hydrogen-bond donors (Lipinski definition) is 2. The van der Waals surface area contributed by atoms with E-state index in [1.54, 1.807) is 55.6 Å². The second-order valence-corrected chi connectivity index (χ2v) is 11.0. The Balaban J connectivity index is 1.41. The third kappa shape index (κ3) is 5.88. The van der Waals surface area contributed by atoms with Crippen molar-refractivity contribution in [1.82, 2.24) is 13.9 Å². The SMILES string of the molecule is Cn1c(=O)n(CCCCC(NS(=O)(=O)c2ccc(-c3ccc(Cl)cc3)cc2)C(=O)O)c(=O)c2ccccc21. The molecule has 38 heavy (non-hydrogen) atoms. The fourth-order valence-corrected chi connectivity index (χ4v) is 5.59. The lowest BCUT2D eigenvalue weighted by atomic mass is 10.1. The molecule has 0 fully saturated rings. The number of para-hydroxylation sites is 1. The van der Waals surface area contributed by atoms with Crippen molar-refractivity contribution in [2.75, 3.05) is 0 Å². The third-order valence-electron chi connectivity index (χ3n) is 6.32. The monoisotopic (exact) mass is 555 g/mol. The van der Waals surface area contributed by atoms with Crippen LogP contribution in [0.2, 0.25) is 5.02 Å². The van der Waals surface area contributed by atoms with Gasteiger partial charge in [0.2, 0.25) is 10.0 Å². The second-order valence-electron chi connectivity index (χ2n) is 8.85. The van der Waals surface area contributed by atoms with E-state index in [1.165, 1.54) is 16.7 Å². The average Bonchev–Trinajstić information content (AvgIpc) is 2.91. The number of nitrogens with one attached hydrogen (secondary N) is 1. The Morgan fingerprint density at radius 3 is 2.18 bits per heavy atom. The quantitative estimate of drug-likeness (QED) is 0.288. The lowest BCUT2D eigenvalue weighted by molar-refractivity contribution is -0.139. The topological polar surface area (TPSA) is 127 Å². The summed E-state index contributed by atoms with van der Waals surface area (Å²) < 4.78 is 30.5. The van der Waals surface area contributed by atoms with Crippen LogP contribution in [0.3, 0.4) is 0 Å². The predicted octanol–water partition coefficient (Wildman–Crippen LogP) is 3.62. The molecule has 0 radical (unpaired) electrons. The van der Waals surface area contributed by atoms with Crippen molar-refractivity contribution in [3.8, 4) is 11.1 Å². The van der Waals surface area contributed by atoms with Crippen LogP contribution in [-0.2, 0) is 28.4 Å². The van der Waals surface area contributed by atoms with Gasteiger partial charge in [-0.3, -0.25) is 18.7 Å². The number of carboxylic acid groups (broad SMARTS) is 1. The highest BCUT2D eigenvalue weighted by Gasteiger charge is 2.25. The number of nitrogens with zero attached hydrogens (tertiary/aromatic N) is 2. The molecular formula is C27H26ClN3O6S. The van der Waals surface area contributed by atoms with Gasteiger partial charge < -0.3 is 5.11 Å². The zero-order chi connectivity index (χ0) is 27.4. The number of benzene rings is 3. The maximum absolute atomic E-state index is 12.9. The van der Waals surface area contributed by atoms with Gasteiger partial charge in [-0.2, -0.15) is 4.72 Å². The maximum Gasteiger partial charge on any atom is 0.331 e. The van der Waals surface area contributed by atoms with Crippen LogP contribution in [0.15, 0.2) is 87.3 Å². The number of aromatic nitrogens is 2. The van der Waals surface area contributed by atoms with E-state index in [1.807, 2.05) is 12.1 Å². The van der Waals surface area contributed by atoms with Gasteiger partial charge in [-0.15, -0.1) is 0 Å². The summed E-state index contributed by atoms with van der Waals surface area (Å²) in [6, 6.07) is 18.6. The van der Waals surface area contributed by atoms with Crippen molar-refractivity contribution in [3.05, 3.63) is 98.7 Å². The summed E-state index contributed by atoms with van der Waals surface area (Å²) in [6.07, 6.45) is 0.576. The van der Waals surface area contributed by atoms with Crippen molar-refractivity contribution in [3.63, 3.8) is 0 Å². The molecule has 1 atom stereocenters. The summed E-state index contributed by atoms with van der Waals surface area (Å²) in [7, 11) is -2.52. The van der Waals surface area contributed by atoms with Crippen LogP contribution in [0.4, 0.5) is 0 Å². The summed E-state index contributed by atoms with van der Waals surface area (Å²) in [5.74, 6) is -1.31. The van der Waals surface area contributed by atoms with Gasteiger partial charge >= 0.3 is 11.7 Å². The number of unbranched alkanes of at least 4 members (excludes halogenated alkanes) is 1. The van der Waals surface area contributed by atoms with Crippen molar-refractivity contribution in [2.45, 2.75) is 36.7 Å². The first-order chi connectivity index (χ1) is 18.1. The van der Waals surface area contributed by atoms with Gasteiger partial charge in [0.25, 0.3) is 5.56 Å². The molecule has 0 aliphatic heterocycles. The van der Waals surface area contributed by atoms with Crippen LogP contribution in [0.25, 0.3) is 22.0 Å². The Labute approximate surface area is 224 Å². The third-order valence-corrected chi connectivity index (χ3v) is 8.06. The van der Waals surface area contributed by atoms with Gasteiger partial charge in [-0.05, 0) is 66.8 Å². The van der Waals surface area contributed by atoms with Crippen LogP contribution < -0.4 is 16.0 Å². The number of rotatable bonds is 10. The summed E-state index contributed by atoms with van der Waals surface area (Å²) in [4.78, 5) is 37.1. The predicted molar refractivity (Wildman–Crippen MR) is 146 cm³/mol. The number of halogens is 1. The van der Waals surface area contributed by atoms with Gasteiger partial charge in [0.1, 0.15) is 6.04 Å². The molecule has 0 saturated heterocycles. The lowest BCUT2D eigenvalue weighted by Gasteiger charge is -2.15. The number of carboxylic acids is 1. The van der Waals surface area contributed by atoms with Crippen LogP contribution in [0.5, 0.6) is 0 Å². The number of aliphatic carboxylic acids is 1. The normalized spacial score (nSPS) is 12.5. The van der Waals surface area contributed by atoms with Crippen LogP contribution >= 0.6 is 11.6 Å². The zero-order valence-corrected chi connectivity index (χ0v) is 22.1. The summed E-state index contributed by atoms with van der Waals surface area (Å²) >= 11 is 5.91. The minimum atomic E-state index is -4.10. The van der Waals surface area contributed by atoms with E-state index in [-0.39, 0.29) is 24.3 Å². The number of aryl methyl sites for hydroxylation is 1. The molecule has 1 unspecified atom stereocenters. The molecule has 198 valence electrons. The Kier molecular flexibility index (Phi) is 8.15. The van der Waals surface area contributed by atoms with E-state index in [0.717, 1.165) is 15.7 Å². The van der Waals surface area contributed by atoms with Crippen molar-refractivity contribution >= 4 is 38.5 Å². The van der Waals surface area contributed by atoms with Crippen LogP contribution in [-0.4, -0.2) is 34.7 Å². The van der Waals surface area contributed by atoms with Gasteiger partial charge in [0.15, 0.2) is 0 Å². The van der Waals surface area contributed by atoms with Gasteiger partial charge in [-0.25, -0.2) is 13.2 Å². The molecule has 0 aliphatic carbocycles. The molecule has 4 aromatic rings. The first kappa shape index (κ1) is 27.3. The maximum atomic E-state index is 12.9. The molecule has 3 aromatic carbocycles. The molecule has 0 bridgehead atoms. The molecule has 0 saturated carbocycles. The minimum absolute atomic E-state index is 0.0138.